The largest absolute Gasteiger partial charge is 0.492 e. The second kappa shape index (κ2) is 8.90. The van der Waals surface area contributed by atoms with E-state index in [4.69, 9.17) is 4.74 Å². The number of carbonyl (C=O) groups excluding carboxylic acids is 3. The van der Waals surface area contributed by atoms with Crippen molar-refractivity contribution in [3.63, 3.8) is 0 Å². The standard InChI is InChI=1S/C23H29N3O4/c1-2-30-20-10-6-5-9-19(20)24-13-15-25(16-14-24)21(27)11-12-26-22(28)17-7-3-4-8-18(17)23(26)29/h3-6,9-10,17-18H,2,7-8,11-16H2,1H3/t17-,18-/m0/s1. The monoisotopic (exact) mass is 411 g/mol. The van der Waals surface area contributed by atoms with Crippen LogP contribution in [0.3, 0.4) is 0 Å². The number of rotatable bonds is 6. The van der Waals surface area contributed by atoms with Gasteiger partial charge in [0.05, 0.1) is 24.1 Å². The molecule has 2 atom stereocenters. The second-order valence-electron chi connectivity index (χ2n) is 8.00. The van der Waals surface area contributed by atoms with Crippen LogP contribution in [-0.2, 0) is 14.4 Å². The number of fused-ring (bicyclic) bond motifs is 1. The fourth-order valence-electron chi connectivity index (χ4n) is 4.65. The van der Waals surface area contributed by atoms with E-state index in [1.807, 2.05) is 48.2 Å². The van der Waals surface area contributed by atoms with Crippen LogP contribution in [0.2, 0.25) is 0 Å². The van der Waals surface area contributed by atoms with Crippen molar-refractivity contribution in [3.8, 4) is 5.75 Å². The van der Waals surface area contributed by atoms with Gasteiger partial charge in [0.15, 0.2) is 0 Å². The lowest BCUT2D eigenvalue weighted by atomic mass is 9.85. The first-order valence-electron chi connectivity index (χ1n) is 10.8. The van der Waals surface area contributed by atoms with E-state index < -0.39 is 0 Å². The van der Waals surface area contributed by atoms with Crippen LogP contribution in [0, 0.1) is 11.8 Å². The maximum Gasteiger partial charge on any atom is 0.233 e. The summed E-state index contributed by atoms with van der Waals surface area (Å²) in [4.78, 5) is 43.2. The van der Waals surface area contributed by atoms with Crippen molar-refractivity contribution in [3.05, 3.63) is 36.4 Å². The molecule has 1 aliphatic carbocycles. The van der Waals surface area contributed by atoms with E-state index in [1.54, 1.807) is 0 Å². The zero-order chi connectivity index (χ0) is 21.1. The van der Waals surface area contributed by atoms with Crippen molar-refractivity contribution in [2.45, 2.75) is 26.2 Å². The van der Waals surface area contributed by atoms with Gasteiger partial charge in [0, 0.05) is 39.1 Å². The van der Waals surface area contributed by atoms with Crippen LogP contribution < -0.4 is 9.64 Å². The molecule has 1 aromatic carbocycles. The van der Waals surface area contributed by atoms with Crippen LogP contribution in [0.5, 0.6) is 5.75 Å². The van der Waals surface area contributed by atoms with Crippen LogP contribution in [0.15, 0.2) is 36.4 Å². The summed E-state index contributed by atoms with van der Waals surface area (Å²) in [7, 11) is 0. The molecule has 0 N–H and O–H groups in total. The molecule has 0 unspecified atom stereocenters. The molecule has 0 bridgehead atoms. The van der Waals surface area contributed by atoms with E-state index in [-0.39, 0.29) is 42.5 Å². The number of imide groups is 1. The second-order valence-corrected chi connectivity index (χ2v) is 8.00. The smallest absolute Gasteiger partial charge is 0.233 e. The number of amides is 3. The minimum atomic E-state index is -0.230. The fourth-order valence-corrected chi connectivity index (χ4v) is 4.65. The lowest BCUT2D eigenvalue weighted by molar-refractivity contribution is -0.140. The van der Waals surface area contributed by atoms with Gasteiger partial charge in [-0.05, 0) is 31.9 Å². The number of hydrogen-bond acceptors (Lipinski definition) is 5. The van der Waals surface area contributed by atoms with E-state index in [9.17, 15) is 14.4 Å². The third kappa shape index (κ3) is 3.93. The van der Waals surface area contributed by atoms with Gasteiger partial charge in [-0.3, -0.25) is 19.3 Å². The molecule has 2 saturated heterocycles. The molecule has 0 saturated carbocycles. The minimum absolute atomic E-state index is 0.00124. The van der Waals surface area contributed by atoms with Crippen molar-refractivity contribution < 1.29 is 19.1 Å². The molecular formula is C23H29N3O4. The van der Waals surface area contributed by atoms with Gasteiger partial charge in [0.2, 0.25) is 17.7 Å². The molecule has 30 heavy (non-hydrogen) atoms. The molecule has 0 aromatic heterocycles. The quantitative estimate of drug-likeness (QED) is 0.530. The molecule has 0 radical (unpaired) electrons. The Kier molecular flexibility index (Phi) is 6.06. The first kappa shape index (κ1) is 20.4. The van der Waals surface area contributed by atoms with E-state index in [0.29, 0.717) is 32.5 Å². The molecule has 2 fully saturated rings. The zero-order valence-corrected chi connectivity index (χ0v) is 17.5. The van der Waals surface area contributed by atoms with Crippen molar-refractivity contribution in [1.82, 2.24) is 9.80 Å². The molecular weight excluding hydrogens is 382 g/mol. The highest BCUT2D eigenvalue weighted by molar-refractivity contribution is 6.05. The van der Waals surface area contributed by atoms with Crippen molar-refractivity contribution >= 4 is 23.4 Å². The predicted octanol–water partition coefficient (Wildman–Crippen LogP) is 2.08. The summed E-state index contributed by atoms with van der Waals surface area (Å²) in [6, 6.07) is 7.96. The fraction of sp³-hybridized carbons (Fsp3) is 0.522. The number of para-hydroxylation sites is 2. The zero-order valence-electron chi connectivity index (χ0n) is 17.5. The van der Waals surface area contributed by atoms with E-state index >= 15 is 0 Å². The Morgan fingerprint density at radius 1 is 1.00 bits per heavy atom. The summed E-state index contributed by atoms with van der Waals surface area (Å²) in [5.41, 5.74) is 1.05. The Morgan fingerprint density at radius 2 is 1.63 bits per heavy atom. The van der Waals surface area contributed by atoms with Crippen LogP contribution in [0.1, 0.15) is 26.2 Å². The first-order chi connectivity index (χ1) is 14.6. The average molecular weight is 412 g/mol. The first-order valence-corrected chi connectivity index (χ1v) is 10.8. The van der Waals surface area contributed by atoms with Gasteiger partial charge in [0.1, 0.15) is 5.75 Å². The number of anilines is 1. The van der Waals surface area contributed by atoms with Gasteiger partial charge in [-0.25, -0.2) is 0 Å². The SMILES string of the molecule is CCOc1ccccc1N1CCN(C(=O)CCN2C(=O)[C@H]3CC=CC[C@@H]3C2=O)CC1. The number of nitrogens with zero attached hydrogens (tertiary/aromatic N) is 3. The summed E-state index contributed by atoms with van der Waals surface area (Å²) < 4.78 is 5.72. The number of carbonyl (C=O) groups is 3. The van der Waals surface area contributed by atoms with Crippen LogP contribution in [0.4, 0.5) is 5.69 Å². The van der Waals surface area contributed by atoms with Crippen molar-refractivity contribution in [2.75, 3.05) is 44.2 Å². The van der Waals surface area contributed by atoms with Gasteiger partial charge >= 0.3 is 0 Å². The third-order valence-electron chi connectivity index (χ3n) is 6.29. The number of piperazine rings is 1. The Balaban J connectivity index is 1.29. The van der Waals surface area contributed by atoms with Gasteiger partial charge < -0.3 is 14.5 Å². The van der Waals surface area contributed by atoms with Crippen molar-refractivity contribution in [2.24, 2.45) is 11.8 Å². The normalized spacial score (nSPS) is 23.7. The number of hydrogen-bond donors (Lipinski definition) is 0. The van der Waals surface area contributed by atoms with Crippen LogP contribution in [0.25, 0.3) is 0 Å². The van der Waals surface area contributed by atoms with Gasteiger partial charge in [-0.15, -0.1) is 0 Å². The third-order valence-corrected chi connectivity index (χ3v) is 6.29. The van der Waals surface area contributed by atoms with Gasteiger partial charge in [-0.2, -0.15) is 0 Å². The lowest BCUT2D eigenvalue weighted by Gasteiger charge is -2.37. The van der Waals surface area contributed by atoms with Crippen LogP contribution in [-0.4, -0.2) is 66.9 Å². The molecule has 3 aliphatic rings. The highest BCUT2D eigenvalue weighted by atomic mass is 16.5. The maximum absolute atomic E-state index is 12.7. The topological polar surface area (TPSA) is 70.2 Å². The lowest BCUT2D eigenvalue weighted by Crippen LogP contribution is -2.49. The van der Waals surface area contributed by atoms with Gasteiger partial charge in [0.25, 0.3) is 0 Å². The summed E-state index contributed by atoms with van der Waals surface area (Å²) in [5, 5.41) is 0. The van der Waals surface area contributed by atoms with E-state index in [2.05, 4.69) is 4.90 Å². The number of likely N-dealkylation sites (tertiary alicyclic amines) is 1. The Labute approximate surface area is 177 Å². The summed E-state index contributed by atoms with van der Waals surface area (Å²) >= 11 is 0. The van der Waals surface area contributed by atoms with Crippen LogP contribution >= 0.6 is 0 Å². The predicted molar refractivity (Wildman–Crippen MR) is 113 cm³/mol. The molecule has 1 aromatic rings. The molecule has 7 heteroatoms. The minimum Gasteiger partial charge on any atom is -0.492 e. The summed E-state index contributed by atoms with van der Waals surface area (Å²) in [6.07, 6.45) is 5.41. The molecule has 2 aliphatic heterocycles. The van der Waals surface area contributed by atoms with Gasteiger partial charge in [-0.1, -0.05) is 24.3 Å². The Morgan fingerprint density at radius 3 is 2.27 bits per heavy atom. The molecule has 160 valence electrons. The molecule has 4 rings (SSSR count). The maximum atomic E-state index is 12.7. The molecule has 0 spiro atoms. The highest BCUT2D eigenvalue weighted by Crippen LogP contribution is 2.35. The Bertz CT molecular complexity index is 819. The molecule has 3 amide bonds. The molecule has 7 nitrogen and oxygen atoms in total. The number of benzene rings is 1. The summed E-state index contributed by atoms with van der Waals surface area (Å²) in [6.45, 7) is 5.47. The molecule has 2 heterocycles. The summed E-state index contributed by atoms with van der Waals surface area (Å²) in [5.74, 6) is 0.181. The number of allylic oxidation sites excluding steroid dienone is 2. The van der Waals surface area contributed by atoms with E-state index in [1.165, 1.54) is 4.90 Å². The van der Waals surface area contributed by atoms with Crippen molar-refractivity contribution in [1.29, 1.82) is 0 Å². The highest BCUT2D eigenvalue weighted by Gasteiger charge is 2.47. The number of ether oxygens (including phenoxy) is 1. The Hall–Kier alpha value is -2.83. The van der Waals surface area contributed by atoms with E-state index in [0.717, 1.165) is 24.5 Å². The average Bonchev–Trinajstić information content (AvgIpc) is 3.03.